The summed E-state index contributed by atoms with van der Waals surface area (Å²) in [4.78, 5) is 29.0. The van der Waals surface area contributed by atoms with Crippen LogP contribution in [0.3, 0.4) is 0 Å². The van der Waals surface area contributed by atoms with Crippen LogP contribution in [0.2, 0.25) is 0 Å². The molecule has 2 rings (SSSR count). The monoisotopic (exact) mass is 376 g/mol. The Morgan fingerprint density at radius 1 is 1.30 bits per heavy atom. The van der Waals surface area contributed by atoms with Crippen molar-refractivity contribution in [3.63, 3.8) is 0 Å². The number of carbonyl (C=O) groups is 2. The van der Waals surface area contributed by atoms with Gasteiger partial charge >= 0.3 is 5.97 Å². The maximum atomic E-state index is 13.2. The Labute approximate surface area is 162 Å². The van der Waals surface area contributed by atoms with Gasteiger partial charge in [0.1, 0.15) is 11.3 Å². The van der Waals surface area contributed by atoms with E-state index in [4.69, 9.17) is 4.74 Å². The fourth-order valence-corrected chi connectivity index (χ4v) is 4.21. The van der Waals surface area contributed by atoms with Gasteiger partial charge < -0.3 is 14.7 Å². The van der Waals surface area contributed by atoms with E-state index in [2.05, 4.69) is 6.92 Å². The molecule has 1 amide bonds. The van der Waals surface area contributed by atoms with Gasteiger partial charge in [-0.1, -0.05) is 32.4 Å². The predicted octanol–water partition coefficient (Wildman–Crippen LogP) is 3.18. The van der Waals surface area contributed by atoms with E-state index in [1.807, 2.05) is 50.2 Å². The van der Waals surface area contributed by atoms with Gasteiger partial charge in [-0.25, -0.2) is 0 Å². The number of ether oxygens (including phenoxy) is 1. The highest BCUT2D eigenvalue weighted by atomic mass is 16.5. The van der Waals surface area contributed by atoms with E-state index in [0.717, 1.165) is 24.2 Å². The molecule has 0 aromatic heterocycles. The second kappa shape index (κ2) is 8.74. The largest absolute Gasteiger partial charge is 0.497 e. The number of rotatable bonds is 8. The van der Waals surface area contributed by atoms with Gasteiger partial charge in [-0.2, -0.15) is 0 Å². The first-order chi connectivity index (χ1) is 12.8. The van der Waals surface area contributed by atoms with E-state index in [1.165, 1.54) is 0 Å². The second-order valence-corrected chi connectivity index (χ2v) is 7.44. The highest BCUT2D eigenvalue weighted by Crippen LogP contribution is 2.48. The van der Waals surface area contributed by atoms with Crippen molar-refractivity contribution in [3.05, 3.63) is 29.8 Å². The van der Waals surface area contributed by atoms with Gasteiger partial charge in [-0.3, -0.25) is 14.5 Å². The Balaban J connectivity index is 2.42. The zero-order valence-corrected chi connectivity index (χ0v) is 17.1. The van der Waals surface area contributed by atoms with Crippen LogP contribution in [0.15, 0.2) is 24.3 Å². The van der Waals surface area contributed by atoms with Crippen LogP contribution in [0.25, 0.3) is 0 Å². The fraction of sp³-hybridized carbons (Fsp3) is 0.619. The van der Waals surface area contributed by atoms with Crippen molar-refractivity contribution in [2.24, 2.45) is 5.92 Å². The number of unbranched alkanes of at least 4 members (excludes halogenated alkanes) is 1. The highest BCUT2D eigenvalue weighted by Gasteiger charge is 2.56. The first kappa shape index (κ1) is 21.2. The van der Waals surface area contributed by atoms with Crippen LogP contribution in [-0.2, 0) is 9.59 Å². The minimum Gasteiger partial charge on any atom is -0.497 e. The maximum absolute atomic E-state index is 13.2. The SMILES string of the molecule is CCCCN(C)C(=O)[C@H]1C[C@@](CC)(C(=O)O)N(C)[C@H]1c1ccc(OC)cc1. The summed E-state index contributed by atoms with van der Waals surface area (Å²) in [6, 6.07) is 7.31. The van der Waals surface area contributed by atoms with Crippen LogP contribution in [0, 0.1) is 5.92 Å². The summed E-state index contributed by atoms with van der Waals surface area (Å²) in [5, 5.41) is 9.97. The summed E-state index contributed by atoms with van der Waals surface area (Å²) in [6.07, 6.45) is 2.73. The molecule has 1 aromatic carbocycles. The minimum absolute atomic E-state index is 0.0210. The average Bonchev–Trinajstić information content (AvgIpc) is 2.99. The van der Waals surface area contributed by atoms with Crippen molar-refractivity contribution in [2.45, 2.75) is 51.1 Å². The summed E-state index contributed by atoms with van der Waals surface area (Å²) in [5.41, 5.74) is -0.0895. The summed E-state index contributed by atoms with van der Waals surface area (Å²) in [7, 11) is 5.25. The molecule has 1 fully saturated rings. The number of likely N-dealkylation sites (tertiary alicyclic amines) is 1. The third kappa shape index (κ3) is 3.95. The van der Waals surface area contributed by atoms with Crippen molar-refractivity contribution in [2.75, 3.05) is 27.7 Å². The zero-order chi connectivity index (χ0) is 20.2. The third-order valence-corrected chi connectivity index (χ3v) is 6.01. The average molecular weight is 376 g/mol. The minimum atomic E-state index is -1.03. The Bertz CT molecular complexity index is 661. The molecule has 1 saturated heterocycles. The number of hydrogen-bond donors (Lipinski definition) is 1. The Morgan fingerprint density at radius 2 is 1.93 bits per heavy atom. The molecule has 1 aliphatic rings. The van der Waals surface area contributed by atoms with Gasteiger partial charge in [0.15, 0.2) is 0 Å². The van der Waals surface area contributed by atoms with Crippen LogP contribution in [0.5, 0.6) is 5.75 Å². The molecule has 150 valence electrons. The lowest BCUT2D eigenvalue weighted by Crippen LogP contribution is -2.48. The lowest BCUT2D eigenvalue weighted by molar-refractivity contribution is -0.150. The number of carboxylic acids is 1. The van der Waals surface area contributed by atoms with Gasteiger partial charge in [0.2, 0.25) is 5.91 Å². The summed E-state index contributed by atoms with van der Waals surface area (Å²) in [6.45, 7) is 4.66. The van der Waals surface area contributed by atoms with Crippen LogP contribution in [0.4, 0.5) is 0 Å². The van der Waals surface area contributed by atoms with Gasteiger partial charge in [0.05, 0.1) is 13.0 Å². The van der Waals surface area contributed by atoms with Crippen LogP contribution < -0.4 is 4.74 Å². The zero-order valence-electron chi connectivity index (χ0n) is 17.1. The molecule has 0 saturated carbocycles. The molecule has 0 spiro atoms. The summed E-state index contributed by atoms with van der Waals surface area (Å²) in [5.74, 6) is -0.492. The molecule has 6 nitrogen and oxygen atoms in total. The lowest BCUT2D eigenvalue weighted by Gasteiger charge is -2.34. The van der Waals surface area contributed by atoms with Crippen molar-refractivity contribution < 1.29 is 19.4 Å². The molecule has 0 bridgehead atoms. The van der Waals surface area contributed by atoms with Gasteiger partial charge in [-0.05, 0) is 44.0 Å². The van der Waals surface area contributed by atoms with Crippen LogP contribution >= 0.6 is 0 Å². The molecule has 0 unspecified atom stereocenters. The first-order valence-corrected chi connectivity index (χ1v) is 9.67. The number of nitrogens with zero attached hydrogens (tertiary/aromatic N) is 2. The molecule has 3 atom stereocenters. The number of benzene rings is 1. The molecule has 1 N–H and O–H groups in total. The standard InChI is InChI=1S/C21H32N2O4/c1-6-8-13-22(3)19(24)17-14-21(7-2,20(25)26)23(4)18(17)15-9-11-16(27-5)12-10-15/h9-12,17-18H,6-8,13-14H2,1-5H3,(H,25,26)/t17-,18-,21-/m0/s1. The normalized spacial score (nSPS) is 25.4. The topological polar surface area (TPSA) is 70.1 Å². The smallest absolute Gasteiger partial charge is 0.324 e. The summed E-state index contributed by atoms with van der Waals surface area (Å²) >= 11 is 0. The number of amides is 1. The van der Waals surface area contributed by atoms with Crippen molar-refractivity contribution in [1.82, 2.24) is 9.80 Å². The summed E-state index contributed by atoms with van der Waals surface area (Å²) < 4.78 is 5.23. The highest BCUT2D eigenvalue weighted by molar-refractivity contribution is 5.85. The van der Waals surface area contributed by atoms with E-state index >= 15 is 0 Å². The number of aliphatic carboxylic acids is 1. The molecule has 0 radical (unpaired) electrons. The van der Waals surface area contributed by atoms with Gasteiger partial charge in [0, 0.05) is 19.6 Å². The predicted molar refractivity (Wildman–Crippen MR) is 105 cm³/mol. The second-order valence-electron chi connectivity index (χ2n) is 7.44. The van der Waals surface area contributed by atoms with Crippen molar-refractivity contribution in [3.8, 4) is 5.75 Å². The molecule has 6 heteroatoms. The van der Waals surface area contributed by atoms with Crippen molar-refractivity contribution >= 4 is 11.9 Å². The number of methoxy groups -OCH3 is 1. The quantitative estimate of drug-likeness (QED) is 0.755. The Hall–Kier alpha value is -2.08. The van der Waals surface area contributed by atoms with E-state index in [9.17, 15) is 14.7 Å². The maximum Gasteiger partial charge on any atom is 0.324 e. The van der Waals surface area contributed by atoms with Gasteiger partial charge in [0.25, 0.3) is 0 Å². The van der Waals surface area contributed by atoms with E-state index in [-0.39, 0.29) is 17.9 Å². The van der Waals surface area contributed by atoms with Crippen molar-refractivity contribution in [1.29, 1.82) is 0 Å². The molecule has 1 aliphatic heterocycles. The van der Waals surface area contributed by atoms with Gasteiger partial charge in [-0.15, -0.1) is 0 Å². The fourth-order valence-electron chi connectivity index (χ4n) is 4.21. The molecule has 27 heavy (non-hydrogen) atoms. The van der Waals surface area contributed by atoms with Crippen LogP contribution in [-0.4, -0.2) is 60.1 Å². The molecule has 1 aromatic rings. The molecule has 0 aliphatic carbocycles. The number of carbonyl (C=O) groups excluding carboxylic acids is 1. The molecular weight excluding hydrogens is 344 g/mol. The lowest BCUT2D eigenvalue weighted by atomic mass is 9.86. The molecular formula is C21H32N2O4. The Morgan fingerprint density at radius 3 is 2.41 bits per heavy atom. The first-order valence-electron chi connectivity index (χ1n) is 9.67. The Kier molecular flexibility index (Phi) is 6.87. The number of likely N-dealkylation sites (N-methyl/N-ethyl adjacent to an activating group) is 1. The molecule has 1 heterocycles. The van der Waals surface area contributed by atoms with E-state index in [1.54, 1.807) is 12.0 Å². The van der Waals surface area contributed by atoms with E-state index < -0.39 is 11.5 Å². The number of carboxylic acid groups (broad SMARTS) is 1. The number of hydrogen-bond acceptors (Lipinski definition) is 4. The van der Waals surface area contributed by atoms with E-state index in [0.29, 0.717) is 19.4 Å². The van der Waals surface area contributed by atoms with Crippen LogP contribution in [0.1, 0.15) is 51.1 Å². The third-order valence-electron chi connectivity index (χ3n) is 6.01.